The van der Waals surface area contributed by atoms with Gasteiger partial charge in [-0.05, 0) is 43.9 Å². The summed E-state index contributed by atoms with van der Waals surface area (Å²) >= 11 is 0. The van der Waals surface area contributed by atoms with Crippen LogP contribution >= 0.6 is 0 Å². The van der Waals surface area contributed by atoms with Gasteiger partial charge in [0.05, 0.1) is 30.3 Å². The lowest BCUT2D eigenvalue weighted by Gasteiger charge is -2.43. The predicted octanol–water partition coefficient (Wildman–Crippen LogP) is 3.30. The van der Waals surface area contributed by atoms with Gasteiger partial charge in [0.1, 0.15) is 17.7 Å². The molecule has 0 amide bonds. The number of aromatic hydroxyl groups is 1. The standard InChI is InChI=1S/C22H25FN6O/c1-22-6-5-16(28-22)21(23)18(8-22)29(2)20-12-24-17(11-25-20)15-4-3-13(7-19(15)30)14-9-26-27-10-14/h3-4,7,9-12,16,18,21,28,30H,5-6,8H2,1-2H3,(H,26,27)/t16-,18+,21-,22+/m1/s1. The topological polar surface area (TPSA) is 90.0 Å². The Labute approximate surface area is 174 Å². The maximum absolute atomic E-state index is 15.0. The fourth-order valence-electron chi connectivity index (χ4n) is 4.81. The van der Waals surface area contributed by atoms with Gasteiger partial charge in [-0.3, -0.25) is 10.1 Å². The van der Waals surface area contributed by atoms with Crippen molar-refractivity contribution < 1.29 is 9.50 Å². The summed E-state index contributed by atoms with van der Waals surface area (Å²) in [6.45, 7) is 2.17. The van der Waals surface area contributed by atoms with Gasteiger partial charge in [0.2, 0.25) is 0 Å². The van der Waals surface area contributed by atoms with Crippen molar-refractivity contribution in [2.45, 2.75) is 50.0 Å². The maximum atomic E-state index is 15.0. The van der Waals surface area contributed by atoms with Crippen LogP contribution in [0.1, 0.15) is 26.2 Å². The minimum atomic E-state index is -0.938. The number of aromatic amines is 1. The molecule has 5 rings (SSSR count). The minimum Gasteiger partial charge on any atom is -0.507 e. The molecule has 2 fully saturated rings. The van der Waals surface area contributed by atoms with Crippen LogP contribution in [0.3, 0.4) is 0 Å². The van der Waals surface area contributed by atoms with E-state index < -0.39 is 6.17 Å². The lowest BCUT2D eigenvalue weighted by molar-refractivity contribution is 0.144. The van der Waals surface area contributed by atoms with E-state index >= 15 is 4.39 Å². The zero-order valence-electron chi connectivity index (χ0n) is 17.0. The number of alkyl halides is 1. The number of anilines is 1. The van der Waals surface area contributed by atoms with Crippen LogP contribution in [0.25, 0.3) is 22.4 Å². The number of hydrogen-bond acceptors (Lipinski definition) is 6. The molecule has 2 aliphatic rings. The highest BCUT2D eigenvalue weighted by atomic mass is 19.1. The van der Waals surface area contributed by atoms with Crippen LogP contribution in [0.4, 0.5) is 10.2 Å². The molecule has 0 spiro atoms. The number of phenols is 1. The van der Waals surface area contributed by atoms with Gasteiger partial charge in [0.25, 0.3) is 0 Å². The van der Waals surface area contributed by atoms with Crippen LogP contribution in [0, 0.1) is 0 Å². The lowest BCUT2D eigenvalue weighted by Crippen LogP contribution is -2.60. The number of nitrogens with one attached hydrogen (secondary N) is 2. The highest BCUT2D eigenvalue weighted by molar-refractivity contribution is 5.73. The molecule has 2 bridgehead atoms. The maximum Gasteiger partial charge on any atom is 0.147 e. The van der Waals surface area contributed by atoms with E-state index in [-0.39, 0.29) is 23.4 Å². The highest BCUT2D eigenvalue weighted by Crippen LogP contribution is 2.39. The van der Waals surface area contributed by atoms with E-state index in [2.05, 4.69) is 32.4 Å². The molecule has 7 nitrogen and oxygen atoms in total. The van der Waals surface area contributed by atoms with Crippen molar-refractivity contribution in [1.29, 1.82) is 0 Å². The van der Waals surface area contributed by atoms with Crippen molar-refractivity contribution in [3.05, 3.63) is 43.0 Å². The fraction of sp³-hybridized carbons (Fsp3) is 0.409. The molecule has 2 aromatic heterocycles. The molecule has 0 radical (unpaired) electrons. The number of benzene rings is 1. The summed E-state index contributed by atoms with van der Waals surface area (Å²) in [6, 6.07) is 5.08. The van der Waals surface area contributed by atoms with E-state index in [1.165, 1.54) is 0 Å². The van der Waals surface area contributed by atoms with Crippen molar-refractivity contribution in [2.75, 3.05) is 11.9 Å². The summed E-state index contributed by atoms with van der Waals surface area (Å²) in [5, 5.41) is 20.6. The third-order valence-corrected chi connectivity index (χ3v) is 6.55. The van der Waals surface area contributed by atoms with Crippen LogP contribution in [-0.4, -0.2) is 56.1 Å². The smallest absolute Gasteiger partial charge is 0.147 e. The molecule has 0 aliphatic carbocycles. The molecule has 30 heavy (non-hydrogen) atoms. The van der Waals surface area contributed by atoms with Crippen molar-refractivity contribution in [3.63, 3.8) is 0 Å². The zero-order chi connectivity index (χ0) is 20.9. The third kappa shape index (κ3) is 3.21. The summed E-state index contributed by atoms with van der Waals surface area (Å²) < 4.78 is 15.0. The Morgan fingerprint density at radius 1 is 1.20 bits per heavy atom. The van der Waals surface area contributed by atoms with Crippen molar-refractivity contribution in [2.24, 2.45) is 0 Å². The quantitative estimate of drug-likeness (QED) is 0.614. The molecule has 0 unspecified atom stereocenters. The van der Waals surface area contributed by atoms with Gasteiger partial charge < -0.3 is 15.3 Å². The van der Waals surface area contributed by atoms with Crippen LogP contribution in [-0.2, 0) is 0 Å². The number of rotatable bonds is 4. The summed E-state index contributed by atoms with van der Waals surface area (Å²) in [7, 11) is 1.88. The third-order valence-electron chi connectivity index (χ3n) is 6.55. The van der Waals surface area contributed by atoms with Gasteiger partial charge in [0.15, 0.2) is 0 Å². The van der Waals surface area contributed by atoms with Gasteiger partial charge in [-0.1, -0.05) is 6.07 Å². The predicted molar refractivity (Wildman–Crippen MR) is 113 cm³/mol. The Morgan fingerprint density at radius 3 is 2.77 bits per heavy atom. The Kier molecular flexibility index (Phi) is 4.47. The number of H-pyrrole nitrogens is 1. The summed E-state index contributed by atoms with van der Waals surface area (Å²) in [4.78, 5) is 10.9. The van der Waals surface area contributed by atoms with E-state index in [4.69, 9.17) is 0 Å². The second-order valence-electron chi connectivity index (χ2n) is 8.66. The SMILES string of the molecule is CN(c1cnc(-c2ccc(-c3cn[nH]c3)cc2O)cn1)[C@H]1C[C@]2(C)CC[C@@H](N2)[C@H]1F. The Bertz CT molecular complexity index is 1040. The number of piperidine rings is 1. The first-order chi connectivity index (χ1) is 14.4. The zero-order valence-corrected chi connectivity index (χ0v) is 17.0. The molecule has 0 saturated carbocycles. The molecular formula is C22H25FN6O. The molecule has 3 N–H and O–H groups in total. The molecule has 3 aromatic rings. The largest absolute Gasteiger partial charge is 0.507 e. The Hall–Kier alpha value is -3.00. The number of nitrogens with zero attached hydrogens (tertiary/aromatic N) is 4. The highest BCUT2D eigenvalue weighted by Gasteiger charge is 2.49. The molecule has 4 heterocycles. The van der Waals surface area contributed by atoms with E-state index in [1.807, 2.05) is 24.1 Å². The van der Waals surface area contributed by atoms with Crippen LogP contribution in [0.2, 0.25) is 0 Å². The first-order valence-corrected chi connectivity index (χ1v) is 10.2. The van der Waals surface area contributed by atoms with Gasteiger partial charge in [-0.25, -0.2) is 9.37 Å². The molecule has 8 heteroatoms. The summed E-state index contributed by atoms with van der Waals surface area (Å²) in [6.07, 6.45) is 8.42. The first-order valence-electron chi connectivity index (χ1n) is 10.2. The average Bonchev–Trinajstić information content (AvgIpc) is 3.39. The van der Waals surface area contributed by atoms with Crippen LogP contribution in [0.15, 0.2) is 43.0 Å². The normalized spacial score (nSPS) is 27.9. The van der Waals surface area contributed by atoms with Gasteiger partial charge >= 0.3 is 0 Å². The molecule has 4 atom stereocenters. The molecule has 156 valence electrons. The molecule has 2 saturated heterocycles. The van der Waals surface area contributed by atoms with Crippen molar-refractivity contribution >= 4 is 5.82 Å². The van der Waals surface area contributed by atoms with E-state index in [1.54, 1.807) is 30.9 Å². The van der Waals surface area contributed by atoms with Crippen LogP contribution < -0.4 is 10.2 Å². The Balaban J connectivity index is 1.37. The van der Waals surface area contributed by atoms with Crippen molar-refractivity contribution in [3.8, 4) is 28.1 Å². The number of aromatic nitrogens is 4. The summed E-state index contributed by atoms with van der Waals surface area (Å²) in [5.41, 5.74) is 2.90. The van der Waals surface area contributed by atoms with E-state index in [9.17, 15) is 5.11 Å². The van der Waals surface area contributed by atoms with Crippen molar-refractivity contribution in [1.82, 2.24) is 25.5 Å². The second kappa shape index (κ2) is 7.05. The van der Waals surface area contributed by atoms with E-state index in [0.717, 1.165) is 30.4 Å². The number of hydrogen-bond donors (Lipinski definition) is 3. The number of phenolic OH excluding ortho intramolecular Hbond substituents is 1. The second-order valence-corrected chi connectivity index (χ2v) is 8.66. The number of fused-ring (bicyclic) bond motifs is 2. The summed E-state index contributed by atoms with van der Waals surface area (Å²) in [5.74, 6) is 0.751. The lowest BCUT2D eigenvalue weighted by atomic mass is 9.87. The van der Waals surface area contributed by atoms with Gasteiger partial charge in [-0.2, -0.15) is 5.10 Å². The molecule has 2 aliphatic heterocycles. The van der Waals surface area contributed by atoms with E-state index in [0.29, 0.717) is 17.1 Å². The van der Waals surface area contributed by atoms with Gasteiger partial charge in [0, 0.05) is 36.0 Å². The monoisotopic (exact) mass is 408 g/mol. The number of halogens is 1. The molecular weight excluding hydrogens is 383 g/mol. The Morgan fingerprint density at radius 2 is 2.07 bits per heavy atom. The average molecular weight is 408 g/mol. The van der Waals surface area contributed by atoms with Gasteiger partial charge in [-0.15, -0.1) is 0 Å². The molecule has 1 aromatic carbocycles. The minimum absolute atomic E-state index is 0.0118. The first kappa shape index (κ1) is 19.0. The fourth-order valence-corrected chi connectivity index (χ4v) is 4.81. The van der Waals surface area contributed by atoms with Crippen LogP contribution in [0.5, 0.6) is 5.75 Å².